The molecule has 0 spiro atoms. The van der Waals surface area contributed by atoms with E-state index in [0.29, 0.717) is 10.9 Å². The Morgan fingerprint density at radius 1 is 1.18 bits per heavy atom. The molecule has 0 fully saturated rings. The monoisotopic (exact) mass is 612 g/mol. The predicted molar refractivity (Wildman–Crippen MR) is 131 cm³/mol. The van der Waals surface area contributed by atoms with Crippen molar-refractivity contribution >= 4 is 75.3 Å². The first-order valence-corrected chi connectivity index (χ1v) is 13.8. The number of aryl methyl sites for hydroxylation is 1. The molecule has 28 heavy (non-hydrogen) atoms. The number of benzene rings is 1. The highest BCUT2D eigenvalue weighted by Gasteiger charge is 2.23. The van der Waals surface area contributed by atoms with Gasteiger partial charge < -0.3 is 0 Å². The Morgan fingerprint density at radius 2 is 1.89 bits per heavy atom. The quantitative estimate of drug-likeness (QED) is 0.258. The van der Waals surface area contributed by atoms with E-state index in [2.05, 4.69) is 72.7 Å². The number of aromatic nitrogens is 1. The van der Waals surface area contributed by atoms with Gasteiger partial charge in [-0.05, 0) is 42.2 Å². The number of hydrogen-bond donors (Lipinski definition) is 0. The zero-order valence-corrected chi connectivity index (χ0v) is 22.3. The van der Waals surface area contributed by atoms with Gasteiger partial charge in [-0.3, -0.25) is 9.29 Å². The standard InChI is InChI=1S/C19H23Br3N2O2S2/c1-14(2)27-18-11-15(8-9-19(20,21)22)6-7-17(18)24(28(3,25)26)13-16-5-4-10-23-12-16/h4-7,10-12,14H,8-9,13H2,1-3H3. The molecular formula is C19H23Br3N2O2S2. The lowest BCUT2D eigenvalue weighted by molar-refractivity contribution is 0.596. The summed E-state index contributed by atoms with van der Waals surface area (Å²) in [6.07, 6.45) is 6.30. The molecule has 0 N–H and O–H groups in total. The van der Waals surface area contributed by atoms with E-state index in [1.54, 1.807) is 24.2 Å². The molecule has 0 saturated heterocycles. The first-order valence-electron chi connectivity index (χ1n) is 8.68. The molecule has 0 radical (unpaired) electrons. The third kappa shape index (κ3) is 7.97. The van der Waals surface area contributed by atoms with Crippen molar-refractivity contribution in [3.05, 3.63) is 53.9 Å². The van der Waals surface area contributed by atoms with Gasteiger partial charge in [-0.15, -0.1) is 11.8 Å². The Balaban J connectivity index is 2.43. The van der Waals surface area contributed by atoms with E-state index in [-0.39, 0.29) is 8.69 Å². The van der Waals surface area contributed by atoms with Gasteiger partial charge in [-0.25, -0.2) is 8.42 Å². The summed E-state index contributed by atoms with van der Waals surface area (Å²) in [6.45, 7) is 4.46. The van der Waals surface area contributed by atoms with Crippen molar-refractivity contribution in [3.63, 3.8) is 0 Å². The molecule has 0 aliphatic heterocycles. The van der Waals surface area contributed by atoms with Gasteiger partial charge in [0.05, 0.1) is 18.5 Å². The number of thioether (sulfide) groups is 1. The van der Waals surface area contributed by atoms with Crippen LogP contribution in [0.2, 0.25) is 0 Å². The molecule has 0 saturated carbocycles. The average Bonchev–Trinajstić information content (AvgIpc) is 2.57. The molecule has 0 atom stereocenters. The molecule has 154 valence electrons. The lowest BCUT2D eigenvalue weighted by Crippen LogP contribution is -2.30. The smallest absolute Gasteiger partial charge is 0.232 e. The fourth-order valence-electron chi connectivity index (χ4n) is 2.59. The Kier molecular flexibility index (Phi) is 8.88. The van der Waals surface area contributed by atoms with Crippen LogP contribution in [0, 0.1) is 0 Å². The molecule has 0 unspecified atom stereocenters. The Labute approximate surface area is 197 Å². The predicted octanol–water partition coefficient (Wildman–Crippen LogP) is 6.32. The summed E-state index contributed by atoms with van der Waals surface area (Å²) in [5.41, 5.74) is 2.71. The Hall–Kier alpha value is -0.0900. The zero-order valence-electron chi connectivity index (χ0n) is 15.9. The van der Waals surface area contributed by atoms with Gasteiger partial charge in [-0.1, -0.05) is 73.8 Å². The van der Waals surface area contributed by atoms with E-state index in [1.165, 1.54) is 10.6 Å². The summed E-state index contributed by atoms with van der Waals surface area (Å²) < 4.78 is 26.4. The maximum Gasteiger partial charge on any atom is 0.232 e. The number of alkyl halides is 3. The molecule has 9 heteroatoms. The maximum atomic E-state index is 12.6. The van der Waals surface area contributed by atoms with Crippen LogP contribution in [-0.2, 0) is 23.0 Å². The highest BCUT2D eigenvalue weighted by molar-refractivity contribution is 9.39. The minimum Gasteiger partial charge on any atom is -0.265 e. The van der Waals surface area contributed by atoms with Gasteiger partial charge in [0.15, 0.2) is 0 Å². The normalized spacial score (nSPS) is 12.4. The summed E-state index contributed by atoms with van der Waals surface area (Å²) in [5, 5.41) is 0.330. The van der Waals surface area contributed by atoms with Crippen LogP contribution in [0.3, 0.4) is 0 Å². The number of halogens is 3. The second-order valence-corrected chi connectivity index (χ2v) is 17.5. The first kappa shape index (κ1) is 24.2. The summed E-state index contributed by atoms with van der Waals surface area (Å²) in [4.78, 5) is 5.07. The van der Waals surface area contributed by atoms with Crippen molar-refractivity contribution in [1.82, 2.24) is 4.98 Å². The van der Waals surface area contributed by atoms with Crippen LogP contribution < -0.4 is 4.31 Å². The van der Waals surface area contributed by atoms with Crippen molar-refractivity contribution in [2.45, 2.75) is 45.5 Å². The first-order chi connectivity index (χ1) is 13.0. The van der Waals surface area contributed by atoms with E-state index >= 15 is 0 Å². The van der Waals surface area contributed by atoms with Gasteiger partial charge in [0.1, 0.15) is 2.14 Å². The molecule has 0 bridgehead atoms. The number of sulfonamides is 1. The largest absolute Gasteiger partial charge is 0.265 e. The van der Waals surface area contributed by atoms with E-state index in [9.17, 15) is 8.42 Å². The van der Waals surface area contributed by atoms with E-state index in [0.717, 1.165) is 28.9 Å². The number of nitrogens with zero attached hydrogens (tertiary/aromatic N) is 2. The number of anilines is 1. The molecule has 2 rings (SSSR count). The highest BCUT2D eigenvalue weighted by Crippen LogP contribution is 2.40. The van der Waals surface area contributed by atoms with Crippen LogP contribution in [0.25, 0.3) is 0 Å². The fraction of sp³-hybridized carbons (Fsp3) is 0.421. The van der Waals surface area contributed by atoms with Crippen LogP contribution in [0.15, 0.2) is 47.6 Å². The van der Waals surface area contributed by atoms with Crippen LogP contribution in [0.1, 0.15) is 31.4 Å². The van der Waals surface area contributed by atoms with Crippen LogP contribution in [-0.4, -0.2) is 27.1 Å². The van der Waals surface area contributed by atoms with Gasteiger partial charge in [-0.2, -0.15) is 0 Å². The van der Waals surface area contributed by atoms with Crippen LogP contribution >= 0.6 is 59.6 Å². The van der Waals surface area contributed by atoms with Crippen LogP contribution in [0.5, 0.6) is 0 Å². The van der Waals surface area contributed by atoms with Crippen molar-refractivity contribution in [2.75, 3.05) is 10.6 Å². The molecule has 0 aliphatic rings. The number of rotatable bonds is 8. The van der Waals surface area contributed by atoms with Gasteiger partial charge in [0, 0.05) is 22.5 Å². The summed E-state index contributed by atoms with van der Waals surface area (Å²) in [5.74, 6) is 0. The zero-order chi connectivity index (χ0) is 20.9. The lowest BCUT2D eigenvalue weighted by atomic mass is 10.1. The van der Waals surface area contributed by atoms with E-state index in [1.807, 2.05) is 24.3 Å². The fourth-order valence-corrected chi connectivity index (χ4v) is 5.17. The topological polar surface area (TPSA) is 50.3 Å². The van der Waals surface area contributed by atoms with E-state index in [4.69, 9.17) is 0 Å². The van der Waals surface area contributed by atoms with Crippen molar-refractivity contribution in [2.24, 2.45) is 0 Å². The SMILES string of the molecule is CC(C)Sc1cc(CCC(Br)(Br)Br)ccc1N(Cc1cccnc1)S(C)(=O)=O. The summed E-state index contributed by atoms with van der Waals surface area (Å²) in [6, 6.07) is 9.71. The van der Waals surface area contributed by atoms with Crippen molar-refractivity contribution in [1.29, 1.82) is 0 Å². The molecule has 0 aliphatic carbocycles. The average molecular weight is 615 g/mol. The Morgan fingerprint density at radius 3 is 2.43 bits per heavy atom. The van der Waals surface area contributed by atoms with E-state index < -0.39 is 10.0 Å². The second-order valence-electron chi connectivity index (χ2n) is 6.71. The van der Waals surface area contributed by atoms with Gasteiger partial charge in [0.25, 0.3) is 0 Å². The molecule has 1 aromatic heterocycles. The summed E-state index contributed by atoms with van der Waals surface area (Å²) >= 11 is 12.3. The van der Waals surface area contributed by atoms with Gasteiger partial charge in [0.2, 0.25) is 10.0 Å². The van der Waals surface area contributed by atoms with Crippen LogP contribution in [0.4, 0.5) is 5.69 Å². The molecule has 4 nitrogen and oxygen atoms in total. The maximum absolute atomic E-state index is 12.6. The minimum atomic E-state index is -3.45. The lowest BCUT2D eigenvalue weighted by Gasteiger charge is -2.26. The third-order valence-corrected chi connectivity index (χ3v) is 7.17. The molecule has 1 heterocycles. The van der Waals surface area contributed by atoms with Crippen molar-refractivity contribution in [3.8, 4) is 0 Å². The third-order valence-electron chi connectivity index (χ3n) is 3.80. The second kappa shape index (κ2) is 10.3. The minimum absolute atomic E-state index is 0.255. The molecular weight excluding hydrogens is 592 g/mol. The molecule has 2 aromatic rings. The Bertz CT molecular complexity index is 886. The molecule has 1 aromatic carbocycles. The summed E-state index contributed by atoms with van der Waals surface area (Å²) in [7, 11) is -3.45. The molecule has 0 amide bonds. The highest BCUT2D eigenvalue weighted by atomic mass is 80.0. The number of hydrogen-bond acceptors (Lipinski definition) is 4. The van der Waals surface area contributed by atoms with Crippen molar-refractivity contribution < 1.29 is 8.42 Å². The van der Waals surface area contributed by atoms with Gasteiger partial charge >= 0.3 is 0 Å². The number of pyridine rings is 1.